The van der Waals surface area contributed by atoms with Gasteiger partial charge in [-0.25, -0.2) is 12.8 Å². The van der Waals surface area contributed by atoms with Crippen molar-refractivity contribution < 1.29 is 27.1 Å². The number of carbonyl (C=O) groups is 2. The lowest BCUT2D eigenvalue weighted by molar-refractivity contribution is -0.140. The summed E-state index contributed by atoms with van der Waals surface area (Å²) in [5.74, 6) is -1.19. The van der Waals surface area contributed by atoms with Crippen molar-refractivity contribution in [2.75, 3.05) is 24.0 Å². The molecule has 1 atom stereocenters. The first-order chi connectivity index (χ1) is 22.0. The van der Waals surface area contributed by atoms with Crippen molar-refractivity contribution in [1.82, 2.24) is 10.2 Å². The van der Waals surface area contributed by atoms with Crippen LogP contribution in [0.4, 0.5) is 10.1 Å². The van der Waals surface area contributed by atoms with Gasteiger partial charge in [0.25, 0.3) is 10.0 Å². The quantitative estimate of drug-likeness (QED) is 0.163. The second-order valence-electron chi connectivity index (χ2n) is 10.2. The summed E-state index contributed by atoms with van der Waals surface area (Å²) in [6.07, 6.45) is 0.150. The molecule has 0 bridgehead atoms. The van der Waals surface area contributed by atoms with Crippen LogP contribution in [0.15, 0.2) is 102 Å². The minimum Gasteiger partial charge on any atom is -0.494 e. The number of nitrogens with zero attached hydrogens (tertiary/aromatic N) is 2. The van der Waals surface area contributed by atoms with Crippen molar-refractivity contribution in [3.8, 4) is 5.75 Å². The Balaban J connectivity index is 1.81. The summed E-state index contributed by atoms with van der Waals surface area (Å²) in [5.41, 5.74) is 1.47. The molecular formula is C34H34Cl2FN3O5S. The minimum absolute atomic E-state index is 0.114. The van der Waals surface area contributed by atoms with E-state index in [9.17, 15) is 22.4 Å². The maximum absolute atomic E-state index is 14.4. The Morgan fingerprint density at radius 3 is 2.20 bits per heavy atom. The molecular weight excluding hydrogens is 652 g/mol. The number of ether oxygens (including phenoxy) is 1. The molecule has 4 aromatic rings. The normalized spacial score (nSPS) is 11.8. The average Bonchev–Trinajstić information content (AvgIpc) is 3.03. The number of sulfonamides is 1. The molecule has 0 heterocycles. The highest BCUT2D eigenvalue weighted by Gasteiger charge is 2.35. The Morgan fingerprint density at radius 2 is 1.59 bits per heavy atom. The molecule has 0 unspecified atom stereocenters. The summed E-state index contributed by atoms with van der Waals surface area (Å²) in [4.78, 5) is 29.1. The maximum atomic E-state index is 14.4. The SMILES string of the molecule is CCNC(=O)[C@@H](Cc1ccccc1)N(Cc1ccc(Cl)cc1Cl)C(=O)CN(c1ccc(OCC)cc1)S(=O)(=O)c1ccc(F)cc1. The van der Waals surface area contributed by atoms with Crippen LogP contribution < -0.4 is 14.4 Å². The molecule has 4 aromatic carbocycles. The van der Waals surface area contributed by atoms with E-state index in [1.807, 2.05) is 37.3 Å². The summed E-state index contributed by atoms with van der Waals surface area (Å²) in [5, 5.41) is 3.48. The van der Waals surface area contributed by atoms with Crippen LogP contribution in [0.2, 0.25) is 10.0 Å². The monoisotopic (exact) mass is 685 g/mol. The van der Waals surface area contributed by atoms with Crippen molar-refractivity contribution in [3.05, 3.63) is 124 Å². The Labute approximate surface area is 278 Å². The van der Waals surface area contributed by atoms with E-state index in [4.69, 9.17) is 27.9 Å². The van der Waals surface area contributed by atoms with Crippen LogP contribution >= 0.6 is 23.2 Å². The molecule has 0 saturated heterocycles. The molecule has 12 heteroatoms. The summed E-state index contributed by atoms with van der Waals surface area (Å²) < 4.78 is 48.3. The molecule has 0 fully saturated rings. The van der Waals surface area contributed by atoms with Gasteiger partial charge in [0.1, 0.15) is 24.2 Å². The number of amides is 2. The highest BCUT2D eigenvalue weighted by molar-refractivity contribution is 7.92. The van der Waals surface area contributed by atoms with Crippen LogP contribution in [-0.2, 0) is 32.6 Å². The van der Waals surface area contributed by atoms with Crippen molar-refractivity contribution in [2.45, 2.75) is 37.8 Å². The molecule has 0 aliphatic rings. The van der Waals surface area contributed by atoms with Crippen molar-refractivity contribution >= 4 is 50.7 Å². The van der Waals surface area contributed by atoms with Crippen LogP contribution in [0, 0.1) is 5.82 Å². The molecule has 0 aromatic heterocycles. The van der Waals surface area contributed by atoms with E-state index in [0.717, 1.165) is 34.1 Å². The Kier molecular flexibility index (Phi) is 12.0. The molecule has 0 saturated carbocycles. The van der Waals surface area contributed by atoms with Crippen LogP contribution in [0.5, 0.6) is 5.75 Å². The zero-order valence-electron chi connectivity index (χ0n) is 25.3. The number of likely N-dealkylation sites (N-methyl/N-ethyl adjacent to an activating group) is 1. The van der Waals surface area contributed by atoms with Gasteiger partial charge in [-0.05, 0) is 85.6 Å². The van der Waals surface area contributed by atoms with Crippen LogP contribution in [-0.4, -0.2) is 50.9 Å². The average molecular weight is 687 g/mol. The molecule has 1 N–H and O–H groups in total. The fraction of sp³-hybridized carbons (Fsp3) is 0.235. The smallest absolute Gasteiger partial charge is 0.264 e. The minimum atomic E-state index is -4.39. The van der Waals surface area contributed by atoms with Gasteiger partial charge in [-0.1, -0.05) is 59.6 Å². The van der Waals surface area contributed by atoms with Gasteiger partial charge in [-0.3, -0.25) is 13.9 Å². The fourth-order valence-electron chi connectivity index (χ4n) is 4.82. The molecule has 8 nitrogen and oxygen atoms in total. The third-order valence-electron chi connectivity index (χ3n) is 7.09. The molecule has 46 heavy (non-hydrogen) atoms. The fourth-order valence-corrected chi connectivity index (χ4v) is 6.70. The number of rotatable bonds is 14. The van der Waals surface area contributed by atoms with Gasteiger partial charge in [0.05, 0.1) is 17.2 Å². The van der Waals surface area contributed by atoms with Gasteiger partial charge in [0.2, 0.25) is 11.8 Å². The van der Waals surface area contributed by atoms with Crippen LogP contribution in [0.25, 0.3) is 0 Å². The molecule has 242 valence electrons. The first-order valence-corrected chi connectivity index (χ1v) is 16.8. The summed E-state index contributed by atoms with van der Waals surface area (Å²) in [6, 6.07) is 23.5. The van der Waals surface area contributed by atoms with E-state index >= 15 is 0 Å². The lowest BCUT2D eigenvalue weighted by atomic mass is 10.0. The maximum Gasteiger partial charge on any atom is 0.264 e. The zero-order chi connectivity index (χ0) is 33.3. The van der Waals surface area contributed by atoms with Gasteiger partial charge in [0.15, 0.2) is 0 Å². The predicted molar refractivity (Wildman–Crippen MR) is 178 cm³/mol. The number of nitrogens with one attached hydrogen (secondary N) is 1. The van der Waals surface area contributed by atoms with Gasteiger partial charge < -0.3 is 15.0 Å². The second kappa shape index (κ2) is 15.9. The number of carbonyl (C=O) groups excluding carboxylic acids is 2. The second-order valence-corrected chi connectivity index (χ2v) is 13.0. The number of benzene rings is 4. The first-order valence-electron chi connectivity index (χ1n) is 14.6. The Morgan fingerprint density at radius 1 is 0.913 bits per heavy atom. The van der Waals surface area contributed by atoms with Crippen LogP contribution in [0.1, 0.15) is 25.0 Å². The van der Waals surface area contributed by atoms with E-state index in [1.54, 1.807) is 31.2 Å². The van der Waals surface area contributed by atoms with Crippen molar-refractivity contribution in [1.29, 1.82) is 0 Å². The molecule has 0 aliphatic carbocycles. The van der Waals surface area contributed by atoms with E-state index in [0.29, 0.717) is 29.5 Å². The van der Waals surface area contributed by atoms with Gasteiger partial charge in [-0.15, -0.1) is 0 Å². The zero-order valence-corrected chi connectivity index (χ0v) is 27.7. The highest BCUT2D eigenvalue weighted by atomic mass is 35.5. The highest BCUT2D eigenvalue weighted by Crippen LogP contribution is 2.28. The topological polar surface area (TPSA) is 96.0 Å². The van der Waals surface area contributed by atoms with E-state index < -0.39 is 40.2 Å². The van der Waals surface area contributed by atoms with E-state index in [1.165, 1.54) is 23.1 Å². The molecule has 2 amide bonds. The first kappa shape index (κ1) is 34.7. The predicted octanol–water partition coefficient (Wildman–Crippen LogP) is 6.50. The molecule has 0 aliphatic heterocycles. The number of halogens is 3. The Hall–Kier alpha value is -4.12. The number of hydrogen-bond acceptors (Lipinski definition) is 5. The van der Waals surface area contributed by atoms with Crippen molar-refractivity contribution in [3.63, 3.8) is 0 Å². The lowest BCUT2D eigenvalue weighted by Crippen LogP contribution is -2.53. The molecule has 0 radical (unpaired) electrons. The summed E-state index contributed by atoms with van der Waals surface area (Å²) in [6.45, 7) is 3.51. The number of hydrogen-bond donors (Lipinski definition) is 1. The number of anilines is 1. The third kappa shape index (κ3) is 8.78. The molecule has 4 rings (SSSR count). The van der Waals surface area contributed by atoms with Crippen LogP contribution in [0.3, 0.4) is 0 Å². The van der Waals surface area contributed by atoms with E-state index in [2.05, 4.69) is 5.32 Å². The lowest BCUT2D eigenvalue weighted by Gasteiger charge is -2.34. The van der Waals surface area contributed by atoms with Gasteiger partial charge in [0, 0.05) is 29.6 Å². The summed E-state index contributed by atoms with van der Waals surface area (Å²) >= 11 is 12.6. The van der Waals surface area contributed by atoms with Crippen molar-refractivity contribution in [2.24, 2.45) is 0 Å². The van der Waals surface area contributed by atoms with E-state index in [-0.39, 0.29) is 28.6 Å². The Bertz CT molecular complexity index is 1740. The summed E-state index contributed by atoms with van der Waals surface area (Å²) in [7, 11) is -4.39. The van der Waals surface area contributed by atoms with Gasteiger partial charge in [-0.2, -0.15) is 0 Å². The molecule has 0 spiro atoms. The largest absolute Gasteiger partial charge is 0.494 e. The third-order valence-corrected chi connectivity index (χ3v) is 9.47. The standard InChI is InChI=1S/C34H34Cl2FN3O5S/c1-3-38-34(42)32(20-24-8-6-5-7-9-24)39(22-25-10-11-26(35)21-31(25)36)33(41)23-40(28-14-16-29(17-15-28)45-4-2)46(43,44)30-18-12-27(37)13-19-30/h5-19,21,32H,3-4,20,22-23H2,1-2H3,(H,38,42)/t32-/m1/s1. The van der Waals surface area contributed by atoms with Gasteiger partial charge >= 0.3 is 0 Å².